The summed E-state index contributed by atoms with van der Waals surface area (Å²) in [5.74, 6) is -1.03. The molecule has 6 nitrogen and oxygen atoms in total. The van der Waals surface area contributed by atoms with Gasteiger partial charge in [-0.25, -0.2) is 0 Å². The van der Waals surface area contributed by atoms with Crippen LogP contribution in [0.4, 0.5) is 0 Å². The predicted octanol–water partition coefficient (Wildman–Crippen LogP) is 5.06. The van der Waals surface area contributed by atoms with E-state index in [-0.39, 0.29) is 11.3 Å². The molecule has 2 aromatic rings. The van der Waals surface area contributed by atoms with Crippen LogP contribution in [0.2, 0.25) is 5.02 Å². The van der Waals surface area contributed by atoms with E-state index in [9.17, 15) is 14.7 Å². The van der Waals surface area contributed by atoms with Gasteiger partial charge in [0.15, 0.2) is 0 Å². The van der Waals surface area contributed by atoms with Crippen LogP contribution < -0.4 is 4.74 Å². The Labute approximate surface area is 206 Å². The summed E-state index contributed by atoms with van der Waals surface area (Å²) in [5, 5.41) is 11.6. The van der Waals surface area contributed by atoms with Gasteiger partial charge in [-0.05, 0) is 55.8 Å². The number of carbonyl (C=O) groups is 2. The lowest BCUT2D eigenvalue weighted by atomic mass is 9.94. The van der Waals surface area contributed by atoms with Crippen molar-refractivity contribution >= 4 is 29.1 Å². The number of likely N-dealkylation sites (N-methyl/N-ethyl adjacent to an activating group) is 1. The normalized spacial score (nSPS) is 17.6. The molecule has 7 heteroatoms. The molecule has 1 aliphatic heterocycles. The minimum atomic E-state index is -0.688. The first kappa shape index (κ1) is 25.8. The lowest BCUT2D eigenvalue weighted by Crippen LogP contribution is -2.38. The second-order valence-corrected chi connectivity index (χ2v) is 8.60. The van der Waals surface area contributed by atoms with Crippen LogP contribution in [0, 0.1) is 0 Å². The Bertz CT molecular complexity index is 1060. The number of aliphatic hydroxyl groups is 1. The molecule has 1 N–H and O–H groups in total. The number of aryl methyl sites for hydroxylation is 1. The maximum absolute atomic E-state index is 13.2. The number of hydrogen-bond acceptors (Lipinski definition) is 5. The van der Waals surface area contributed by atoms with Crippen LogP contribution in [-0.2, 0) is 16.0 Å². The topological polar surface area (TPSA) is 70.1 Å². The molecule has 0 spiro atoms. The third-order valence-corrected chi connectivity index (χ3v) is 6.60. The summed E-state index contributed by atoms with van der Waals surface area (Å²) in [6.45, 7) is 11.2. The van der Waals surface area contributed by atoms with Gasteiger partial charge in [0.05, 0.1) is 23.2 Å². The summed E-state index contributed by atoms with van der Waals surface area (Å²) in [4.78, 5) is 30.1. The molecule has 1 aliphatic rings. The first-order chi connectivity index (χ1) is 16.4. The smallest absolute Gasteiger partial charge is 0.295 e. The molecule has 1 atom stereocenters. The van der Waals surface area contributed by atoms with Crippen LogP contribution in [0.1, 0.15) is 50.4 Å². The van der Waals surface area contributed by atoms with Crippen molar-refractivity contribution in [3.63, 3.8) is 0 Å². The standard InChI is InChI=1S/C27H33ClN2O4/c1-5-18-9-11-19(12-10-18)24-23(25(31)20-13-14-22(34-8-4)21(28)17-20)26(32)27(33)30(24)16-15-29(6-2)7-3/h9-14,17,24,31H,5-8,15-16H2,1-4H3/b25-23+. The minimum absolute atomic E-state index is 0.0778. The van der Waals surface area contributed by atoms with Crippen molar-refractivity contribution in [2.45, 2.75) is 40.2 Å². The summed E-state index contributed by atoms with van der Waals surface area (Å²) in [6, 6.07) is 12.0. The molecule has 1 unspecified atom stereocenters. The number of ether oxygens (including phenoxy) is 1. The number of likely N-dealkylation sites (tertiary alicyclic amines) is 1. The molecule has 34 heavy (non-hydrogen) atoms. The molecular formula is C27H33ClN2O4. The van der Waals surface area contributed by atoms with E-state index in [2.05, 4.69) is 25.7 Å². The number of amides is 1. The fourth-order valence-corrected chi connectivity index (χ4v) is 4.49. The zero-order chi connectivity index (χ0) is 24.8. The molecule has 0 bridgehead atoms. The number of Topliss-reactive ketones (excluding diaryl/α,β-unsaturated/α-hetero) is 1. The minimum Gasteiger partial charge on any atom is -0.507 e. The van der Waals surface area contributed by atoms with Gasteiger partial charge in [0, 0.05) is 18.7 Å². The van der Waals surface area contributed by atoms with Crippen LogP contribution in [0.3, 0.4) is 0 Å². The number of benzene rings is 2. The first-order valence-corrected chi connectivity index (χ1v) is 12.3. The number of rotatable bonds is 10. The summed E-state index contributed by atoms with van der Waals surface area (Å²) in [7, 11) is 0. The molecule has 182 valence electrons. The van der Waals surface area contributed by atoms with Gasteiger partial charge >= 0.3 is 0 Å². The van der Waals surface area contributed by atoms with Gasteiger partial charge in [-0.2, -0.15) is 0 Å². The van der Waals surface area contributed by atoms with Crippen LogP contribution in [0.25, 0.3) is 5.76 Å². The third-order valence-electron chi connectivity index (χ3n) is 6.30. The fourth-order valence-electron chi connectivity index (χ4n) is 4.26. The Morgan fingerprint density at radius 1 is 1.06 bits per heavy atom. The number of hydrogen-bond donors (Lipinski definition) is 1. The Morgan fingerprint density at radius 3 is 2.29 bits per heavy atom. The van der Waals surface area contributed by atoms with E-state index in [1.54, 1.807) is 23.1 Å². The number of halogens is 1. The Hall–Kier alpha value is -2.83. The van der Waals surface area contributed by atoms with Crippen molar-refractivity contribution in [3.8, 4) is 5.75 Å². The second-order valence-electron chi connectivity index (χ2n) is 8.19. The Kier molecular flexibility index (Phi) is 8.75. The van der Waals surface area contributed by atoms with Crippen LogP contribution in [-0.4, -0.2) is 59.4 Å². The number of nitrogens with zero attached hydrogens (tertiary/aromatic N) is 2. The second kappa shape index (κ2) is 11.5. The van der Waals surface area contributed by atoms with E-state index in [0.717, 1.165) is 30.6 Å². The van der Waals surface area contributed by atoms with Crippen LogP contribution in [0.5, 0.6) is 5.75 Å². The average Bonchev–Trinajstić information content (AvgIpc) is 3.10. The maximum atomic E-state index is 13.2. The first-order valence-electron chi connectivity index (χ1n) is 11.9. The highest BCUT2D eigenvalue weighted by molar-refractivity contribution is 6.46. The van der Waals surface area contributed by atoms with Crippen molar-refractivity contribution in [2.24, 2.45) is 0 Å². The molecule has 1 saturated heterocycles. The highest BCUT2D eigenvalue weighted by Crippen LogP contribution is 2.40. The molecule has 0 aliphatic carbocycles. The SMILES string of the molecule is CCOc1ccc(/C(O)=C2\C(=O)C(=O)N(CCN(CC)CC)C2c2ccc(CC)cc2)cc1Cl. The van der Waals surface area contributed by atoms with Gasteiger partial charge in [-0.1, -0.05) is 56.6 Å². The molecular weight excluding hydrogens is 452 g/mol. The molecule has 1 heterocycles. The van der Waals surface area contributed by atoms with E-state index in [1.807, 2.05) is 31.2 Å². The van der Waals surface area contributed by atoms with Crippen molar-refractivity contribution in [1.82, 2.24) is 9.80 Å². The molecule has 1 amide bonds. The highest BCUT2D eigenvalue weighted by Gasteiger charge is 2.46. The van der Waals surface area contributed by atoms with Gasteiger partial charge in [0.25, 0.3) is 11.7 Å². The fraction of sp³-hybridized carbons (Fsp3) is 0.407. The van der Waals surface area contributed by atoms with Gasteiger partial charge in [-0.3, -0.25) is 9.59 Å². The maximum Gasteiger partial charge on any atom is 0.295 e. The van der Waals surface area contributed by atoms with Gasteiger partial charge < -0.3 is 19.6 Å². The van der Waals surface area contributed by atoms with Gasteiger partial charge in [-0.15, -0.1) is 0 Å². The van der Waals surface area contributed by atoms with Crippen molar-refractivity contribution in [1.29, 1.82) is 0 Å². The highest BCUT2D eigenvalue weighted by atomic mass is 35.5. The van der Waals surface area contributed by atoms with E-state index in [1.165, 1.54) is 0 Å². The zero-order valence-corrected chi connectivity index (χ0v) is 21.1. The Morgan fingerprint density at radius 2 is 1.74 bits per heavy atom. The lowest BCUT2D eigenvalue weighted by Gasteiger charge is -2.28. The van der Waals surface area contributed by atoms with Crippen LogP contribution in [0.15, 0.2) is 48.0 Å². The van der Waals surface area contributed by atoms with E-state index in [0.29, 0.717) is 36.0 Å². The molecule has 0 aromatic heterocycles. The van der Waals surface area contributed by atoms with Gasteiger partial charge in [0.2, 0.25) is 0 Å². The summed E-state index contributed by atoms with van der Waals surface area (Å²) < 4.78 is 5.48. The number of carbonyl (C=O) groups excluding carboxylic acids is 2. The van der Waals surface area contributed by atoms with Crippen molar-refractivity contribution < 1.29 is 19.4 Å². The summed E-state index contributed by atoms with van der Waals surface area (Å²) in [6.07, 6.45) is 0.882. The molecule has 2 aromatic carbocycles. The van der Waals surface area contributed by atoms with Crippen LogP contribution >= 0.6 is 11.6 Å². The number of aliphatic hydroxyl groups excluding tert-OH is 1. The largest absolute Gasteiger partial charge is 0.507 e. The Balaban J connectivity index is 2.09. The van der Waals surface area contributed by atoms with E-state index < -0.39 is 17.7 Å². The summed E-state index contributed by atoms with van der Waals surface area (Å²) in [5.41, 5.74) is 2.39. The van der Waals surface area contributed by atoms with E-state index >= 15 is 0 Å². The van der Waals surface area contributed by atoms with Gasteiger partial charge in [0.1, 0.15) is 11.5 Å². The molecule has 1 fully saturated rings. The quantitative estimate of drug-likeness (QED) is 0.290. The third kappa shape index (κ3) is 5.29. The molecule has 3 rings (SSSR count). The van der Waals surface area contributed by atoms with E-state index in [4.69, 9.17) is 16.3 Å². The number of ketones is 1. The molecule has 0 saturated carbocycles. The summed E-state index contributed by atoms with van der Waals surface area (Å²) >= 11 is 6.33. The molecule has 0 radical (unpaired) electrons. The average molecular weight is 485 g/mol. The lowest BCUT2D eigenvalue weighted by molar-refractivity contribution is -0.140. The van der Waals surface area contributed by atoms with Crippen molar-refractivity contribution in [2.75, 3.05) is 32.8 Å². The zero-order valence-electron chi connectivity index (χ0n) is 20.3. The monoisotopic (exact) mass is 484 g/mol. The predicted molar refractivity (Wildman–Crippen MR) is 135 cm³/mol. The van der Waals surface area contributed by atoms with Crippen molar-refractivity contribution in [3.05, 3.63) is 69.8 Å².